The monoisotopic (exact) mass is 416 g/mol. The molecule has 1 spiro atoms. The Balaban J connectivity index is 1.10. The molecule has 0 unspecified atom stereocenters. The van der Waals surface area contributed by atoms with Crippen LogP contribution in [0.4, 0.5) is 0 Å². The standard InChI is InChI=1S/C25H40N2O3/c1-24-8-5-9-25(17-29-25)22(24)14-19-20(23(28)30-21(19)15-24)16-26-10-12-27(13-11-26)18-6-3-2-4-7-18/h18-22H,2-17H2,1H3/t19-,20-,21-,22+,24-,25-/m1/s1. The van der Waals surface area contributed by atoms with Gasteiger partial charge in [0.15, 0.2) is 0 Å². The maximum Gasteiger partial charge on any atom is 0.310 e. The van der Waals surface area contributed by atoms with Gasteiger partial charge in [-0.15, -0.1) is 0 Å². The second kappa shape index (κ2) is 7.45. The van der Waals surface area contributed by atoms with E-state index in [4.69, 9.17) is 9.47 Å². The van der Waals surface area contributed by atoms with E-state index in [1.165, 1.54) is 64.5 Å². The molecule has 3 saturated carbocycles. The first kappa shape index (κ1) is 20.0. The van der Waals surface area contributed by atoms with Crippen LogP contribution in [0, 0.1) is 23.2 Å². The molecule has 6 atom stereocenters. The molecule has 3 aliphatic heterocycles. The number of fused-ring (bicyclic) bond motifs is 3. The molecule has 3 aliphatic carbocycles. The van der Waals surface area contributed by atoms with E-state index >= 15 is 0 Å². The van der Waals surface area contributed by atoms with Gasteiger partial charge in [-0.3, -0.25) is 14.6 Å². The molecule has 6 aliphatic rings. The molecule has 0 aromatic heterocycles. The Morgan fingerprint density at radius 1 is 1.03 bits per heavy atom. The molecule has 0 bridgehead atoms. The topological polar surface area (TPSA) is 45.3 Å². The summed E-state index contributed by atoms with van der Waals surface area (Å²) in [6.07, 6.45) is 13.2. The van der Waals surface area contributed by atoms with E-state index in [2.05, 4.69) is 16.7 Å². The first-order valence-corrected chi connectivity index (χ1v) is 12.9. The molecule has 0 aromatic rings. The Labute approximate surface area is 181 Å². The molecule has 3 heterocycles. The van der Waals surface area contributed by atoms with E-state index in [-0.39, 0.29) is 23.6 Å². The van der Waals surface area contributed by atoms with Crippen molar-refractivity contribution >= 4 is 5.97 Å². The van der Waals surface area contributed by atoms with Gasteiger partial charge >= 0.3 is 5.97 Å². The maximum absolute atomic E-state index is 12.9. The van der Waals surface area contributed by atoms with E-state index in [9.17, 15) is 4.79 Å². The molecule has 0 aromatic carbocycles. The molecule has 6 rings (SSSR count). The van der Waals surface area contributed by atoms with Crippen LogP contribution in [0.2, 0.25) is 0 Å². The Morgan fingerprint density at radius 3 is 2.53 bits per heavy atom. The summed E-state index contributed by atoms with van der Waals surface area (Å²) in [7, 11) is 0. The number of ether oxygens (including phenoxy) is 2. The zero-order valence-corrected chi connectivity index (χ0v) is 18.8. The number of epoxide rings is 1. The lowest BCUT2D eigenvalue weighted by atomic mass is 9.53. The van der Waals surface area contributed by atoms with Crippen LogP contribution in [0.25, 0.3) is 0 Å². The summed E-state index contributed by atoms with van der Waals surface area (Å²) in [4.78, 5) is 18.2. The minimum absolute atomic E-state index is 0.0820. The molecule has 0 N–H and O–H groups in total. The van der Waals surface area contributed by atoms with Crippen molar-refractivity contribution in [1.29, 1.82) is 0 Å². The number of piperazine rings is 1. The lowest BCUT2D eigenvalue weighted by Gasteiger charge is -2.51. The van der Waals surface area contributed by atoms with Gasteiger partial charge in [-0.05, 0) is 56.3 Å². The number of esters is 1. The van der Waals surface area contributed by atoms with Gasteiger partial charge in [-0.25, -0.2) is 0 Å². The third kappa shape index (κ3) is 3.34. The summed E-state index contributed by atoms with van der Waals surface area (Å²) in [6.45, 7) is 8.90. The van der Waals surface area contributed by atoms with Crippen LogP contribution in [0.5, 0.6) is 0 Å². The lowest BCUT2D eigenvalue weighted by Crippen LogP contribution is -2.53. The van der Waals surface area contributed by atoms with Gasteiger partial charge in [0.2, 0.25) is 0 Å². The number of rotatable bonds is 3. The van der Waals surface area contributed by atoms with E-state index in [1.807, 2.05) is 0 Å². The van der Waals surface area contributed by atoms with Crippen LogP contribution < -0.4 is 0 Å². The van der Waals surface area contributed by atoms with E-state index < -0.39 is 0 Å². The van der Waals surface area contributed by atoms with Crippen molar-refractivity contribution in [3.05, 3.63) is 0 Å². The summed E-state index contributed by atoms with van der Waals surface area (Å²) >= 11 is 0. The Bertz CT molecular complexity index is 665. The average Bonchev–Trinajstić information content (AvgIpc) is 3.46. The smallest absolute Gasteiger partial charge is 0.310 e. The molecule has 0 amide bonds. The number of hydrogen-bond acceptors (Lipinski definition) is 5. The van der Waals surface area contributed by atoms with Gasteiger partial charge in [-0.2, -0.15) is 0 Å². The van der Waals surface area contributed by atoms with Gasteiger partial charge in [0.05, 0.1) is 18.1 Å². The average molecular weight is 417 g/mol. The fourth-order valence-electron chi connectivity index (χ4n) is 8.20. The van der Waals surface area contributed by atoms with Crippen LogP contribution in [0.1, 0.15) is 71.1 Å². The van der Waals surface area contributed by atoms with Gasteiger partial charge < -0.3 is 9.47 Å². The van der Waals surface area contributed by atoms with E-state index in [1.54, 1.807) is 0 Å². The minimum Gasteiger partial charge on any atom is -0.462 e. The zero-order valence-electron chi connectivity index (χ0n) is 18.8. The second-order valence-electron chi connectivity index (χ2n) is 11.7. The summed E-state index contributed by atoms with van der Waals surface area (Å²) < 4.78 is 12.1. The summed E-state index contributed by atoms with van der Waals surface area (Å²) in [5, 5.41) is 0. The highest BCUT2D eigenvalue weighted by Gasteiger charge is 2.65. The van der Waals surface area contributed by atoms with Crippen LogP contribution >= 0.6 is 0 Å². The molecule has 5 nitrogen and oxygen atoms in total. The number of nitrogens with zero attached hydrogens (tertiary/aromatic N) is 2. The molecular formula is C25H40N2O3. The SMILES string of the molecule is C[C@]12CCC[C@@]3(CO3)[C@H]1C[C@H]1[C@@H](C2)OC(=O)[C@@H]1CN1CCN(C2CCCCC2)CC1. The number of hydrogen-bond donors (Lipinski definition) is 0. The highest BCUT2D eigenvalue weighted by Crippen LogP contribution is 2.62. The third-order valence-electron chi connectivity index (χ3n) is 10.0. The summed E-state index contributed by atoms with van der Waals surface area (Å²) in [5.74, 6) is 1.21. The highest BCUT2D eigenvalue weighted by molar-refractivity contribution is 5.75. The fraction of sp³-hybridized carbons (Fsp3) is 0.960. The van der Waals surface area contributed by atoms with Crippen LogP contribution in [-0.4, -0.2) is 72.8 Å². The summed E-state index contributed by atoms with van der Waals surface area (Å²) in [5.41, 5.74) is 0.455. The van der Waals surface area contributed by atoms with Crippen molar-refractivity contribution in [2.24, 2.45) is 23.2 Å². The van der Waals surface area contributed by atoms with Gasteiger partial charge in [0.25, 0.3) is 0 Å². The maximum atomic E-state index is 12.9. The van der Waals surface area contributed by atoms with Crippen LogP contribution in [0.15, 0.2) is 0 Å². The minimum atomic E-state index is 0.0820. The van der Waals surface area contributed by atoms with Gasteiger partial charge in [0.1, 0.15) is 6.10 Å². The second-order valence-corrected chi connectivity index (χ2v) is 11.7. The Hall–Kier alpha value is -0.650. The molecule has 5 heteroatoms. The van der Waals surface area contributed by atoms with E-state index in [0.29, 0.717) is 17.3 Å². The molecule has 6 fully saturated rings. The lowest BCUT2D eigenvalue weighted by molar-refractivity contribution is -0.147. The molecular weight excluding hydrogens is 376 g/mol. The van der Waals surface area contributed by atoms with Crippen molar-refractivity contribution in [3.8, 4) is 0 Å². The quantitative estimate of drug-likeness (QED) is 0.521. The zero-order chi connectivity index (χ0) is 20.3. The van der Waals surface area contributed by atoms with Crippen molar-refractivity contribution in [1.82, 2.24) is 9.80 Å². The van der Waals surface area contributed by atoms with Gasteiger partial charge in [0, 0.05) is 44.7 Å². The van der Waals surface area contributed by atoms with Crippen LogP contribution in [0.3, 0.4) is 0 Å². The highest BCUT2D eigenvalue weighted by atomic mass is 16.6. The van der Waals surface area contributed by atoms with Crippen molar-refractivity contribution in [3.63, 3.8) is 0 Å². The largest absolute Gasteiger partial charge is 0.462 e. The van der Waals surface area contributed by atoms with Crippen molar-refractivity contribution in [2.75, 3.05) is 39.3 Å². The molecule has 168 valence electrons. The fourth-order valence-corrected chi connectivity index (χ4v) is 8.20. The number of carbonyl (C=O) groups excluding carboxylic acids is 1. The van der Waals surface area contributed by atoms with Crippen LogP contribution in [-0.2, 0) is 14.3 Å². The number of carbonyl (C=O) groups is 1. The van der Waals surface area contributed by atoms with Gasteiger partial charge in [-0.1, -0.05) is 26.2 Å². The first-order chi connectivity index (χ1) is 14.6. The predicted molar refractivity (Wildman–Crippen MR) is 115 cm³/mol. The third-order valence-corrected chi connectivity index (χ3v) is 10.0. The normalized spacial score (nSPS) is 47.7. The van der Waals surface area contributed by atoms with Crippen molar-refractivity contribution in [2.45, 2.75) is 88.9 Å². The first-order valence-electron chi connectivity index (χ1n) is 12.9. The molecule has 3 saturated heterocycles. The predicted octanol–water partition coefficient (Wildman–Crippen LogP) is 3.46. The Kier molecular flexibility index (Phi) is 4.97. The Morgan fingerprint density at radius 2 is 1.80 bits per heavy atom. The molecule has 30 heavy (non-hydrogen) atoms. The summed E-state index contributed by atoms with van der Waals surface area (Å²) in [6, 6.07) is 0.818. The molecule has 0 radical (unpaired) electrons. The van der Waals surface area contributed by atoms with Crippen molar-refractivity contribution < 1.29 is 14.3 Å². The van der Waals surface area contributed by atoms with E-state index in [0.717, 1.165) is 45.1 Å².